The van der Waals surface area contributed by atoms with E-state index in [4.69, 9.17) is 15.4 Å². The lowest BCUT2D eigenvalue weighted by Gasteiger charge is -2.04. The van der Waals surface area contributed by atoms with Crippen LogP contribution >= 0.6 is 10.7 Å². The second-order valence-corrected chi connectivity index (χ2v) is 5.80. The third-order valence-electron chi connectivity index (χ3n) is 1.59. The molecule has 0 unspecified atom stereocenters. The number of ether oxygens (including phenoxy) is 1. The van der Waals surface area contributed by atoms with Crippen molar-refractivity contribution in [3.63, 3.8) is 0 Å². The largest absolute Gasteiger partial charge is 0.492 e. The van der Waals surface area contributed by atoms with Crippen molar-refractivity contribution < 1.29 is 13.2 Å². The van der Waals surface area contributed by atoms with Crippen LogP contribution in [0.25, 0.3) is 0 Å². The maximum Gasteiger partial charge on any atom is 0.235 e. The molecule has 0 spiro atoms. The van der Waals surface area contributed by atoms with Gasteiger partial charge in [0.05, 0.1) is 5.75 Å². The summed E-state index contributed by atoms with van der Waals surface area (Å²) in [6, 6.07) is 7.39. The number of hydrogen-bond acceptors (Lipinski definition) is 3. The number of halogens is 1. The van der Waals surface area contributed by atoms with Gasteiger partial charge in [0.15, 0.2) is 0 Å². The molecule has 78 valence electrons. The van der Waals surface area contributed by atoms with E-state index in [0.717, 1.165) is 5.56 Å². The van der Waals surface area contributed by atoms with Gasteiger partial charge in [-0.3, -0.25) is 0 Å². The average molecular weight is 235 g/mol. The van der Waals surface area contributed by atoms with Crippen molar-refractivity contribution in [1.29, 1.82) is 0 Å². The summed E-state index contributed by atoms with van der Waals surface area (Å²) < 4.78 is 26.3. The highest BCUT2D eigenvalue weighted by Crippen LogP contribution is 2.12. The third-order valence-corrected chi connectivity index (χ3v) is 2.70. The molecule has 1 aromatic rings. The molecule has 0 aromatic heterocycles. The fourth-order valence-electron chi connectivity index (χ4n) is 0.964. The van der Waals surface area contributed by atoms with E-state index >= 15 is 0 Å². The van der Waals surface area contributed by atoms with Crippen molar-refractivity contribution in [3.8, 4) is 5.75 Å². The minimum Gasteiger partial charge on any atom is -0.492 e. The second kappa shape index (κ2) is 4.66. The Balaban J connectivity index is 2.47. The lowest BCUT2D eigenvalue weighted by molar-refractivity contribution is 0.341. The van der Waals surface area contributed by atoms with Gasteiger partial charge in [0.1, 0.15) is 12.4 Å². The van der Waals surface area contributed by atoms with E-state index in [9.17, 15) is 8.42 Å². The van der Waals surface area contributed by atoms with Crippen LogP contribution in [0.3, 0.4) is 0 Å². The number of benzene rings is 1. The first kappa shape index (κ1) is 11.3. The molecular formula is C9H11ClO3S. The van der Waals surface area contributed by atoms with Crippen molar-refractivity contribution >= 4 is 19.7 Å². The standard InChI is InChI=1S/C9H11ClO3S/c1-8-3-2-4-9(7-8)13-5-6-14(10,11)12/h2-4,7H,5-6H2,1H3. The van der Waals surface area contributed by atoms with E-state index in [-0.39, 0.29) is 12.4 Å². The Hall–Kier alpha value is -0.740. The van der Waals surface area contributed by atoms with Crippen LogP contribution in [0.4, 0.5) is 0 Å². The zero-order valence-electron chi connectivity index (χ0n) is 7.73. The van der Waals surface area contributed by atoms with E-state index in [1.807, 2.05) is 25.1 Å². The van der Waals surface area contributed by atoms with Crippen LogP contribution < -0.4 is 4.74 Å². The van der Waals surface area contributed by atoms with Gasteiger partial charge in [0, 0.05) is 10.7 Å². The van der Waals surface area contributed by atoms with E-state index in [1.54, 1.807) is 6.07 Å². The normalized spacial score (nSPS) is 11.3. The fourth-order valence-corrected chi connectivity index (χ4v) is 1.44. The minimum atomic E-state index is -3.46. The van der Waals surface area contributed by atoms with E-state index in [0.29, 0.717) is 5.75 Å². The number of aryl methyl sites for hydroxylation is 1. The highest BCUT2D eigenvalue weighted by Gasteiger charge is 2.04. The molecule has 0 bridgehead atoms. The van der Waals surface area contributed by atoms with Gasteiger partial charge >= 0.3 is 0 Å². The Morgan fingerprint density at radius 1 is 1.43 bits per heavy atom. The van der Waals surface area contributed by atoms with Gasteiger partial charge in [-0.2, -0.15) is 0 Å². The SMILES string of the molecule is Cc1cccc(OCCS(=O)(=O)Cl)c1. The summed E-state index contributed by atoms with van der Waals surface area (Å²) >= 11 is 0. The summed E-state index contributed by atoms with van der Waals surface area (Å²) in [6.45, 7) is 2.01. The summed E-state index contributed by atoms with van der Waals surface area (Å²) in [6.07, 6.45) is 0. The minimum absolute atomic E-state index is 0.0787. The smallest absolute Gasteiger partial charge is 0.235 e. The Morgan fingerprint density at radius 3 is 2.71 bits per heavy atom. The molecule has 0 saturated heterocycles. The molecule has 0 saturated carbocycles. The van der Waals surface area contributed by atoms with Crippen molar-refractivity contribution in [2.45, 2.75) is 6.92 Å². The molecule has 0 aliphatic rings. The lowest BCUT2D eigenvalue weighted by atomic mass is 10.2. The summed E-state index contributed by atoms with van der Waals surface area (Å²) in [7, 11) is 1.57. The predicted octanol–water partition coefficient (Wildman–Crippen LogP) is 1.94. The zero-order chi connectivity index (χ0) is 10.6. The van der Waals surface area contributed by atoms with Crippen molar-refractivity contribution in [3.05, 3.63) is 29.8 Å². The van der Waals surface area contributed by atoms with Crippen LogP contribution in [0, 0.1) is 6.92 Å². The van der Waals surface area contributed by atoms with Crippen molar-refractivity contribution in [2.75, 3.05) is 12.4 Å². The van der Waals surface area contributed by atoms with Crippen molar-refractivity contribution in [2.24, 2.45) is 0 Å². The Morgan fingerprint density at radius 2 is 2.14 bits per heavy atom. The average Bonchev–Trinajstić information content (AvgIpc) is 2.01. The molecule has 0 aliphatic heterocycles. The van der Waals surface area contributed by atoms with Crippen molar-refractivity contribution in [1.82, 2.24) is 0 Å². The molecule has 0 aliphatic carbocycles. The zero-order valence-corrected chi connectivity index (χ0v) is 9.31. The topological polar surface area (TPSA) is 43.4 Å². The molecule has 1 aromatic carbocycles. The highest BCUT2D eigenvalue weighted by atomic mass is 35.7. The number of rotatable bonds is 4. The first-order valence-corrected chi connectivity index (χ1v) is 6.57. The van der Waals surface area contributed by atoms with Gasteiger partial charge in [0.25, 0.3) is 0 Å². The molecule has 5 heteroatoms. The summed E-state index contributed by atoms with van der Waals surface area (Å²) in [5.41, 5.74) is 1.07. The van der Waals surface area contributed by atoms with Crippen LogP contribution in [-0.2, 0) is 9.05 Å². The quantitative estimate of drug-likeness (QED) is 0.748. The molecule has 1 rings (SSSR count). The molecule has 3 nitrogen and oxygen atoms in total. The van der Waals surface area contributed by atoms with E-state index in [2.05, 4.69) is 0 Å². The van der Waals surface area contributed by atoms with Gasteiger partial charge in [-0.05, 0) is 24.6 Å². The molecule has 0 radical (unpaired) electrons. The maximum atomic E-state index is 10.6. The fraction of sp³-hybridized carbons (Fsp3) is 0.333. The molecular weight excluding hydrogens is 224 g/mol. The molecule has 0 fully saturated rings. The van der Waals surface area contributed by atoms with Gasteiger partial charge in [-0.25, -0.2) is 8.42 Å². The first-order chi connectivity index (χ1) is 6.47. The van der Waals surface area contributed by atoms with Gasteiger partial charge in [-0.1, -0.05) is 12.1 Å². The monoisotopic (exact) mass is 234 g/mol. The Labute approximate surface area is 88.1 Å². The van der Waals surface area contributed by atoms with Crippen LogP contribution in [0.2, 0.25) is 0 Å². The molecule has 0 N–H and O–H groups in total. The molecule has 0 heterocycles. The van der Waals surface area contributed by atoms with E-state index in [1.165, 1.54) is 0 Å². The van der Waals surface area contributed by atoms with Crippen LogP contribution in [0.5, 0.6) is 5.75 Å². The molecule has 0 amide bonds. The second-order valence-electron chi connectivity index (χ2n) is 2.91. The van der Waals surface area contributed by atoms with Gasteiger partial charge in [-0.15, -0.1) is 0 Å². The highest BCUT2D eigenvalue weighted by molar-refractivity contribution is 8.13. The molecule has 14 heavy (non-hydrogen) atoms. The number of hydrogen-bond donors (Lipinski definition) is 0. The third kappa shape index (κ3) is 4.48. The predicted molar refractivity (Wildman–Crippen MR) is 56.3 cm³/mol. The Kier molecular flexibility index (Phi) is 3.77. The van der Waals surface area contributed by atoms with Crippen LogP contribution in [0.1, 0.15) is 5.56 Å². The molecule has 0 atom stereocenters. The summed E-state index contributed by atoms with van der Waals surface area (Å²) in [4.78, 5) is 0. The van der Waals surface area contributed by atoms with Crippen LogP contribution in [-0.4, -0.2) is 20.8 Å². The first-order valence-electron chi connectivity index (χ1n) is 4.09. The van der Waals surface area contributed by atoms with Gasteiger partial charge < -0.3 is 4.74 Å². The van der Waals surface area contributed by atoms with Gasteiger partial charge in [0.2, 0.25) is 9.05 Å². The van der Waals surface area contributed by atoms with Crippen LogP contribution in [0.15, 0.2) is 24.3 Å². The maximum absolute atomic E-state index is 10.6. The summed E-state index contributed by atoms with van der Waals surface area (Å²) in [5, 5.41) is 0. The van der Waals surface area contributed by atoms with E-state index < -0.39 is 9.05 Å². The lowest BCUT2D eigenvalue weighted by Crippen LogP contribution is -2.08. The summed E-state index contributed by atoms with van der Waals surface area (Å²) in [5.74, 6) is 0.480. The Bertz CT molecular complexity index is 400.